The largest absolute Gasteiger partial charge is 0.465 e. The summed E-state index contributed by atoms with van der Waals surface area (Å²) in [7, 11) is 0. The van der Waals surface area contributed by atoms with Crippen LogP contribution in [0.4, 0.5) is 0 Å². The first kappa shape index (κ1) is 8.48. The van der Waals surface area contributed by atoms with Gasteiger partial charge in [0.15, 0.2) is 0 Å². The quantitative estimate of drug-likeness (QED) is 0.494. The number of aliphatic hydroxyl groups is 1. The third kappa shape index (κ3) is 0.682. The molecule has 2 fully saturated rings. The summed E-state index contributed by atoms with van der Waals surface area (Å²) in [5.74, 6) is 0.674. The second-order valence-electron chi connectivity index (χ2n) is 4.70. The summed E-state index contributed by atoms with van der Waals surface area (Å²) < 4.78 is 5.13. The molecule has 2 bridgehead atoms. The van der Waals surface area contributed by atoms with E-state index in [1.807, 2.05) is 0 Å². The maximum atomic E-state index is 11.8. The van der Waals surface area contributed by atoms with Crippen molar-refractivity contribution >= 4 is 5.97 Å². The Hall–Kier alpha value is -0.830. The third-order valence-corrected chi connectivity index (χ3v) is 4.30. The summed E-state index contributed by atoms with van der Waals surface area (Å²) in [4.78, 5) is 11.8. The van der Waals surface area contributed by atoms with Gasteiger partial charge in [-0.25, -0.2) is 0 Å². The van der Waals surface area contributed by atoms with E-state index in [2.05, 4.69) is 12.2 Å². The molecule has 5 atom stereocenters. The highest BCUT2D eigenvalue weighted by molar-refractivity contribution is 5.82. The van der Waals surface area contributed by atoms with Crippen molar-refractivity contribution in [1.82, 2.24) is 0 Å². The molecule has 0 aromatic rings. The number of carbonyl (C=O) groups excluding carboxylic acids is 1. The van der Waals surface area contributed by atoms with E-state index in [-0.39, 0.29) is 17.8 Å². The van der Waals surface area contributed by atoms with Crippen LogP contribution in [-0.2, 0) is 9.53 Å². The number of carbonyl (C=O) groups is 1. The molecule has 0 unspecified atom stereocenters. The number of allylic oxidation sites excluding steroid dienone is 2. The molecule has 0 amide bonds. The van der Waals surface area contributed by atoms with Crippen molar-refractivity contribution in [2.75, 3.05) is 6.61 Å². The Morgan fingerprint density at radius 3 is 3.07 bits per heavy atom. The first-order chi connectivity index (χ1) is 6.67. The molecule has 0 spiro atoms. The van der Waals surface area contributed by atoms with Crippen LogP contribution >= 0.6 is 0 Å². The Bertz CT molecular complexity index is 320. The number of rotatable bonds is 1. The second kappa shape index (κ2) is 2.40. The number of hydrogen-bond donors (Lipinski definition) is 1. The zero-order valence-corrected chi connectivity index (χ0v) is 8.14. The number of fused-ring (bicyclic) bond motifs is 5. The molecular weight excluding hydrogens is 180 g/mol. The van der Waals surface area contributed by atoms with Crippen LogP contribution in [0.25, 0.3) is 0 Å². The van der Waals surface area contributed by atoms with Crippen molar-refractivity contribution in [3.63, 3.8) is 0 Å². The van der Waals surface area contributed by atoms with Gasteiger partial charge >= 0.3 is 5.97 Å². The highest BCUT2D eigenvalue weighted by atomic mass is 16.5. The number of ether oxygens (including phenoxy) is 1. The van der Waals surface area contributed by atoms with Crippen molar-refractivity contribution in [3.05, 3.63) is 12.2 Å². The zero-order chi connectivity index (χ0) is 9.92. The van der Waals surface area contributed by atoms with Crippen LogP contribution in [0.2, 0.25) is 0 Å². The summed E-state index contributed by atoms with van der Waals surface area (Å²) in [6.07, 6.45) is 4.69. The molecule has 3 aliphatic rings. The summed E-state index contributed by atoms with van der Waals surface area (Å²) in [6, 6.07) is 0. The summed E-state index contributed by atoms with van der Waals surface area (Å²) in [6.45, 7) is 2.21. The Kier molecular flexibility index (Phi) is 1.45. The molecule has 1 aliphatic heterocycles. The lowest BCUT2D eigenvalue weighted by molar-refractivity contribution is -0.154. The van der Waals surface area contributed by atoms with Gasteiger partial charge in [-0.3, -0.25) is 4.79 Å². The van der Waals surface area contributed by atoms with Gasteiger partial charge in [0.05, 0.1) is 12.7 Å². The van der Waals surface area contributed by atoms with Gasteiger partial charge in [0.1, 0.15) is 5.41 Å². The fraction of sp³-hybridized carbons (Fsp3) is 0.727. The molecule has 0 aromatic carbocycles. The van der Waals surface area contributed by atoms with Crippen molar-refractivity contribution in [2.45, 2.75) is 19.4 Å². The minimum absolute atomic E-state index is 0.186. The minimum atomic E-state index is -0.612. The second-order valence-corrected chi connectivity index (χ2v) is 4.70. The molecule has 1 saturated heterocycles. The molecule has 1 heterocycles. The van der Waals surface area contributed by atoms with Gasteiger partial charge in [-0.15, -0.1) is 0 Å². The third-order valence-electron chi connectivity index (χ3n) is 4.30. The van der Waals surface area contributed by atoms with E-state index in [9.17, 15) is 9.90 Å². The monoisotopic (exact) mass is 194 g/mol. The van der Waals surface area contributed by atoms with Crippen molar-refractivity contribution in [1.29, 1.82) is 0 Å². The molecule has 1 saturated carbocycles. The van der Waals surface area contributed by atoms with Gasteiger partial charge in [0, 0.05) is 5.92 Å². The first-order valence-electron chi connectivity index (χ1n) is 5.21. The fourth-order valence-electron chi connectivity index (χ4n) is 3.65. The molecule has 2 aliphatic carbocycles. The van der Waals surface area contributed by atoms with Gasteiger partial charge in [-0.2, -0.15) is 0 Å². The topological polar surface area (TPSA) is 46.5 Å². The molecular formula is C11H14O3. The lowest BCUT2D eigenvalue weighted by Gasteiger charge is -2.34. The standard InChI is InChI=1S/C11H14O3/c1-6(12)11-8-3-2-7(4-8)9(11)5-14-10(11)13/h2-3,6-9,12H,4-5H2,1H3/t6-,7+,8-,9-,11+/m1/s1. The number of esters is 1. The first-order valence-corrected chi connectivity index (χ1v) is 5.21. The average molecular weight is 194 g/mol. The van der Waals surface area contributed by atoms with Gasteiger partial charge in [-0.1, -0.05) is 12.2 Å². The van der Waals surface area contributed by atoms with Crippen LogP contribution in [0.5, 0.6) is 0 Å². The average Bonchev–Trinajstić information content (AvgIpc) is 2.75. The molecule has 3 rings (SSSR count). The molecule has 0 radical (unpaired) electrons. The normalized spacial score (nSPS) is 50.7. The maximum Gasteiger partial charge on any atom is 0.315 e. The van der Waals surface area contributed by atoms with Gasteiger partial charge < -0.3 is 9.84 Å². The maximum absolute atomic E-state index is 11.8. The molecule has 0 aromatic heterocycles. The van der Waals surface area contributed by atoms with Gasteiger partial charge in [0.25, 0.3) is 0 Å². The van der Waals surface area contributed by atoms with E-state index in [0.717, 1.165) is 6.42 Å². The van der Waals surface area contributed by atoms with E-state index >= 15 is 0 Å². The molecule has 1 N–H and O–H groups in total. The van der Waals surface area contributed by atoms with E-state index < -0.39 is 11.5 Å². The lowest BCUT2D eigenvalue weighted by atomic mass is 9.67. The van der Waals surface area contributed by atoms with Crippen molar-refractivity contribution in [2.24, 2.45) is 23.2 Å². The Labute approximate surface area is 82.8 Å². The van der Waals surface area contributed by atoms with Crippen LogP contribution in [0, 0.1) is 23.2 Å². The van der Waals surface area contributed by atoms with Crippen molar-refractivity contribution < 1.29 is 14.6 Å². The summed E-state index contributed by atoms with van der Waals surface area (Å²) >= 11 is 0. The predicted molar refractivity (Wildman–Crippen MR) is 49.3 cm³/mol. The fourth-order valence-corrected chi connectivity index (χ4v) is 3.65. The summed E-state index contributed by atoms with van der Waals surface area (Å²) in [5, 5.41) is 9.87. The van der Waals surface area contributed by atoms with Crippen LogP contribution in [0.1, 0.15) is 13.3 Å². The van der Waals surface area contributed by atoms with Crippen LogP contribution < -0.4 is 0 Å². The Morgan fingerprint density at radius 2 is 2.43 bits per heavy atom. The van der Waals surface area contributed by atoms with E-state index in [1.165, 1.54) is 0 Å². The highest BCUT2D eigenvalue weighted by Crippen LogP contribution is 2.61. The predicted octanol–water partition coefficient (Wildman–Crippen LogP) is 0.732. The van der Waals surface area contributed by atoms with Crippen LogP contribution in [0.3, 0.4) is 0 Å². The number of cyclic esters (lactones) is 1. The SMILES string of the molecule is C[C@@H](O)[C@@]12C(=O)OC[C@@H]1[C@H]1C=C[C@@H]2C1. The van der Waals surface area contributed by atoms with E-state index in [1.54, 1.807) is 6.92 Å². The highest BCUT2D eigenvalue weighted by Gasteiger charge is 2.67. The van der Waals surface area contributed by atoms with E-state index in [0.29, 0.717) is 12.5 Å². The molecule has 3 heteroatoms. The molecule has 14 heavy (non-hydrogen) atoms. The minimum Gasteiger partial charge on any atom is -0.465 e. The lowest BCUT2D eigenvalue weighted by Crippen LogP contribution is -2.46. The van der Waals surface area contributed by atoms with Gasteiger partial charge in [0.2, 0.25) is 0 Å². The molecule has 76 valence electrons. The smallest absolute Gasteiger partial charge is 0.315 e. The number of aliphatic hydroxyl groups excluding tert-OH is 1. The number of hydrogen-bond acceptors (Lipinski definition) is 3. The van der Waals surface area contributed by atoms with E-state index in [4.69, 9.17) is 4.74 Å². The Morgan fingerprint density at radius 1 is 1.64 bits per heavy atom. The van der Waals surface area contributed by atoms with Gasteiger partial charge in [-0.05, 0) is 25.2 Å². The Balaban J connectivity index is 2.12. The van der Waals surface area contributed by atoms with Crippen LogP contribution in [-0.4, -0.2) is 23.8 Å². The van der Waals surface area contributed by atoms with Crippen molar-refractivity contribution in [3.8, 4) is 0 Å². The molecule has 3 nitrogen and oxygen atoms in total. The van der Waals surface area contributed by atoms with Crippen LogP contribution in [0.15, 0.2) is 12.2 Å². The summed E-state index contributed by atoms with van der Waals surface area (Å²) in [5.41, 5.74) is -0.612. The zero-order valence-electron chi connectivity index (χ0n) is 8.14.